The Morgan fingerprint density at radius 2 is 2.22 bits per heavy atom. The van der Waals surface area contributed by atoms with Crippen molar-refractivity contribution in [3.63, 3.8) is 0 Å². The first-order valence-corrected chi connectivity index (χ1v) is 6.25. The number of aromatic nitrogens is 1. The zero-order valence-corrected chi connectivity index (χ0v) is 10.1. The lowest BCUT2D eigenvalue weighted by atomic mass is 10.1. The van der Waals surface area contributed by atoms with Crippen molar-refractivity contribution in [2.45, 2.75) is 18.9 Å². The Labute approximate surface area is 105 Å². The molecule has 1 unspecified atom stereocenters. The number of likely N-dealkylation sites (tertiary alicyclic amines) is 1. The van der Waals surface area contributed by atoms with Crippen LogP contribution in [0.2, 0.25) is 0 Å². The van der Waals surface area contributed by atoms with Gasteiger partial charge in [0.1, 0.15) is 0 Å². The van der Waals surface area contributed by atoms with Crippen LogP contribution in [-0.2, 0) is 11.2 Å². The van der Waals surface area contributed by atoms with E-state index in [-0.39, 0.29) is 12.3 Å². The number of para-hydroxylation sites is 1. The topological polar surface area (TPSA) is 56.3 Å². The molecule has 0 bridgehead atoms. The van der Waals surface area contributed by atoms with Gasteiger partial charge in [0.15, 0.2) is 0 Å². The predicted octanol–water partition coefficient (Wildman–Crippen LogP) is 1.30. The number of amides is 1. The highest BCUT2D eigenvalue weighted by atomic mass is 16.3. The van der Waals surface area contributed by atoms with Gasteiger partial charge in [-0.1, -0.05) is 18.2 Å². The van der Waals surface area contributed by atoms with Crippen molar-refractivity contribution >= 4 is 16.8 Å². The first-order valence-electron chi connectivity index (χ1n) is 6.25. The molecule has 1 aliphatic rings. The maximum absolute atomic E-state index is 11.6. The van der Waals surface area contributed by atoms with E-state index in [4.69, 9.17) is 0 Å². The zero-order chi connectivity index (χ0) is 12.5. The molecule has 1 saturated heterocycles. The van der Waals surface area contributed by atoms with Crippen molar-refractivity contribution in [1.29, 1.82) is 0 Å². The van der Waals surface area contributed by atoms with Crippen LogP contribution in [0.1, 0.15) is 12.0 Å². The summed E-state index contributed by atoms with van der Waals surface area (Å²) in [7, 11) is 0. The minimum absolute atomic E-state index is 0.0577. The maximum atomic E-state index is 11.6. The van der Waals surface area contributed by atoms with Gasteiger partial charge in [-0.05, 0) is 18.1 Å². The second-order valence-electron chi connectivity index (χ2n) is 4.81. The molecule has 18 heavy (non-hydrogen) atoms. The summed E-state index contributed by atoms with van der Waals surface area (Å²) in [5, 5.41) is 10.6. The van der Waals surface area contributed by atoms with Crippen LogP contribution >= 0.6 is 0 Å². The third kappa shape index (κ3) is 1.99. The molecule has 1 aliphatic heterocycles. The van der Waals surface area contributed by atoms with E-state index < -0.39 is 6.10 Å². The molecule has 3 rings (SSSR count). The fraction of sp³-hybridized carbons (Fsp3) is 0.357. The second-order valence-corrected chi connectivity index (χ2v) is 4.81. The van der Waals surface area contributed by atoms with E-state index in [1.165, 1.54) is 10.9 Å². The molecule has 0 radical (unpaired) electrons. The Kier molecular flexibility index (Phi) is 2.80. The van der Waals surface area contributed by atoms with E-state index in [1.807, 2.05) is 24.4 Å². The molecular weight excluding hydrogens is 228 g/mol. The summed E-state index contributed by atoms with van der Waals surface area (Å²) in [6, 6.07) is 8.15. The Morgan fingerprint density at radius 3 is 3.00 bits per heavy atom. The number of rotatable bonds is 3. The van der Waals surface area contributed by atoms with Crippen molar-refractivity contribution < 1.29 is 9.90 Å². The third-order valence-corrected chi connectivity index (χ3v) is 3.52. The van der Waals surface area contributed by atoms with Gasteiger partial charge in [0.2, 0.25) is 5.91 Å². The van der Waals surface area contributed by atoms with E-state index in [9.17, 15) is 9.90 Å². The number of nitrogens with zero attached hydrogens (tertiary/aromatic N) is 1. The maximum Gasteiger partial charge on any atom is 0.225 e. The van der Waals surface area contributed by atoms with Gasteiger partial charge in [0, 0.05) is 30.2 Å². The highest BCUT2D eigenvalue weighted by molar-refractivity contribution is 5.83. The number of aliphatic hydroxyl groups is 1. The van der Waals surface area contributed by atoms with Gasteiger partial charge in [0.05, 0.1) is 12.5 Å². The summed E-state index contributed by atoms with van der Waals surface area (Å²) in [6.07, 6.45) is 2.61. The first kappa shape index (κ1) is 11.3. The summed E-state index contributed by atoms with van der Waals surface area (Å²) in [4.78, 5) is 16.5. The summed E-state index contributed by atoms with van der Waals surface area (Å²) in [6.45, 7) is 1.15. The van der Waals surface area contributed by atoms with Crippen molar-refractivity contribution in [3.05, 3.63) is 36.0 Å². The molecular formula is C14H16N2O2. The van der Waals surface area contributed by atoms with Crippen LogP contribution in [0.3, 0.4) is 0 Å². The van der Waals surface area contributed by atoms with E-state index in [1.54, 1.807) is 4.90 Å². The first-order chi connectivity index (χ1) is 8.74. The largest absolute Gasteiger partial charge is 0.391 e. The molecule has 2 N–H and O–H groups in total. The quantitative estimate of drug-likeness (QED) is 0.855. The molecule has 94 valence electrons. The number of hydrogen-bond acceptors (Lipinski definition) is 2. The van der Waals surface area contributed by atoms with Crippen molar-refractivity contribution in [2.75, 3.05) is 13.1 Å². The Hall–Kier alpha value is -1.81. The molecule has 0 spiro atoms. The number of benzene rings is 1. The van der Waals surface area contributed by atoms with Gasteiger partial charge in [-0.3, -0.25) is 4.79 Å². The zero-order valence-electron chi connectivity index (χ0n) is 10.1. The fourth-order valence-electron chi connectivity index (χ4n) is 2.56. The normalized spacial score (nSPS) is 19.9. The summed E-state index contributed by atoms with van der Waals surface area (Å²) < 4.78 is 0. The number of β-amino-alcohol motifs (C(OH)–C–C–N with tert-alkyl or cyclic N) is 1. The monoisotopic (exact) mass is 244 g/mol. The molecule has 1 amide bonds. The highest BCUT2D eigenvalue weighted by Crippen LogP contribution is 2.19. The fourth-order valence-corrected chi connectivity index (χ4v) is 2.56. The molecule has 0 aliphatic carbocycles. The summed E-state index contributed by atoms with van der Waals surface area (Å²) >= 11 is 0. The number of fused-ring (bicyclic) bond motifs is 1. The summed E-state index contributed by atoms with van der Waals surface area (Å²) in [5.41, 5.74) is 2.35. The van der Waals surface area contributed by atoms with Crippen molar-refractivity contribution in [3.8, 4) is 0 Å². The minimum atomic E-state index is -0.486. The molecule has 1 aromatic carbocycles. The van der Waals surface area contributed by atoms with Gasteiger partial charge in [-0.25, -0.2) is 0 Å². The van der Waals surface area contributed by atoms with Crippen LogP contribution in [0.25, 0.3) is 10.9 Å². The van der Waals surface area contributed by atoms with Gasteiger partial charge < -0.3 is 15.0 Å². The van der Waals surface area contributed by atoms with Crippen LogP contribution in [0, 0.1) is 0 Å². The standard InChI is InChI=1S/C14H16N2O2/c17-11-7-14(18)16(9-11)6-5-10-8-15-13-4-2-1-3-12(10)13/h1-4,8,11,15,17H,5-7,9H2. The molecule has 2 aromatic rings. The molecule has 1 atom stereocenters. The molecule has 1 fully saturated rings. The van der Waals surface area contributed by atoms with E-state index in [2.05, 4.69) is 11.1 Å². The Morgan fingerprint density at radius 1 is 1.39 bits per heavy atom. The number of H-pyrrole nitrogens is 1. The SMILES string of the molecule is O=C1CC(O)CN1CCc1c[nH]c2ccccc12. The average Bonchev–Trinajstić information content (AvgIpc) is 2.90. The van der Waals surface area contributed by atoms with Gasteiger partial charge in [0.25, 0.3) is 0 Å². The molecule has 2 heterocycles. The number of carbonyl (C=O) groups excluding carboxylic acids is 1. The van der Waals surface area contributed by atoms with E-state index >= 15 is 0 Å². The number of hydrogen-bond donors (Lipinski definition) is 2. The van der Waals surface area contributed by atoms with Crippen molar-refractivity contribution in [2.24, 2.45) is 0 Å². The Bertz CT molecular complexity index is 576. The predicted molar refractivity (Wildman–Crippen MR) is 69.2 cm³/mol. The van der Waals surface area contributed by atoms with Crippen LogP contribution < -0.4 is 0 Å². The lowest BCUT2D eigenvalue weighted by Gasteiger charge is -2.14. The third-order valence-electron chi connectivity index (χ3n) is 3.52. The van der Waals surface area contributed by atoms with Crippen LogP contribution in [0.5, 0.6) is 0 Å². The van der Waals surface area contributed by atoms with E-state index in [0.29, 0.717) is 13.1 Å². The van der Waals surface area contributed by atoms with Gasteiger partial charge in [-0.15, -0.1) is 0 Å². The number of aromatic amines is 1. The highest BCUT2D eigenvalue weighted by Gasteiger charge is 2.27. The molecule has 0 saturated carbocycles. The van der Waals surface area contributed by atoms with Crippen LogP contribution in [0.15, 0.2) is 30.5 Å². The number of carbonyl (C=O) groups is 1. The Balaban J connectivity index is 1.72. The molecule has 4 heteroatoms. The summed E-state index contributed by atoms with van der Waals surface area (Å²) in [5.74, 6) is 0.0577. The van der Waals surface area contributed by atoms with E-state index in [0.717, 1.165) is 11.9 Å². The second kappa shape index (κ2) is 4.46. The van der Waals surface area contributed by atoms with Crippen LogP contribution in [0.4, 0.5) is 0 Å². The minimum Gasteiger partial charge on any atom is -0.391 e. The van der Waals surface area contributed by atoms with Gasteiger partial charge >= 0.3 is 0 Å². The van der Waals surface area contributed by atoms with Gasteiger partial charge in [-0.2, -0.15) is 0 Å². The molecule has 4 nitrogen and oxygen atoms in total. The molecule has 1 aromatic heterocycles. The smallest absolute Gasteiger partial charge is 0.225 e. The average molecular weight is 244 g/mol. The lowest BCUT2D eigenvalue weighted by molar-refractivity contribution is -0.127. The number of aliphatic hydroxyl groups excluding tert-OH is 1. The van der Waals surface area contributed by atoms with Crippen LogP contribution in [-0.4, -0.2) is 40.1 Å². The van der Waals surface area contributed by atoms with Crippen molar-refractivity contribution in [1.82, 2.24) is 9.88 Å². The lowest BCUT2D eigenvalue weighted by Crippen LogP contribution is -2.28. The number of nitrogens with one attached hydrogen (secondary N) is 1.